The van der Waals surface area contributed by atoms with Crippen molar-refractivity contribution < 1.29 is 4.39 Å². The van der Waals surface area contributed by atoms with Crippen LogP contribution in [0, 0.1) is 5.82 Å². The van der Waals surface area contributed by atoms with Gasteiger partial charge in [-0.15, -0.1) is 0 Å². The first kappa shape index (κ1) is 15.3. The molecule has 1 saturated heterocycles. The summed E-state index contributed by atoms with van der Waals surface area (Å²) in [6.07, 6.45) is 4.89. The van der Waals surface area contributed by atoms with E-state index >= 15 is 0 Å². The van der Waals surface area contributed by atoms with Crippen LogP contribution in [0.1, 0.15) is 52.0 Å². The van der Waals surface area contributed by atoms with Crippen LogP contribution in [0.4, 0.5) is 10.1 Å². The number of anilines is 1. The van der Waals surface area contributed by atoms with Crippen LogP contribution in [-0.4, -0.2) is 18.6 Å². The molecule has 1 aromatic rings. The van der Waals surface area contributed by atoms with Gasteiger partial charge in [-0.1, -0.05) is 18.9 Å². The number of hydrogen-bond donors (Lipinski definition) is 1. The minimum absolute atomic E-state index is 0.0555. The van der Waals surface area contributed by atoms with Crippen LogP contribution in [0.5, 0.6) is 0 Å². The third-order valence-electron chi connectivity index (χ3n) is 3.78. The van der Waals surface area contributed by atoms with Crippen LogP contribution < -0.4 is 10.2 Å². The van der Waals surface area contributed by atoms with Crippen LogP contribution in [0.15, 0.2) is 18.2 Å². The van der Waals surface area contributed by atoms with Crippen molar-refractivity contribution in [3.8, 4) is 0 Å². The molecule has 0 aromatic heterocycles. The smallest absolute Gasteiger partial charge is 0.146 e. The zero-order chi connectivity index (χ0) is 14.6. The van der Waals surface area contributed by atoms with Crippen molar-refractivity contribution >= 4 is 5.69 Å². The first-order chi connectivity index (χ1) is 9.46. The maximum atomic E-state index is 14.3. The van der Waals surface area contributed by atoms with E-state index in [4.69, 9.17) is 0 Å². The average molecular weight is 278 g/mol. The Hall–Kier alpha value is -1.09. The average Bonchev–Trinajstić information content (AvgIpc) is 2.64. The second kappa shape index (κ2) is 6.57. The van der Waals surface area contributed by atoms with Crippen LogP contribution in [0.3, 0.4) is 0 Å². The van der Waals surface area contributed by atoms with Gasteiger partial charge in [-0.3, -0.25) is 0 Å². The molecule has 2 nitrogen and oxygen atoms in total. The number of nitrogens with one attached hydrogen (secondary N) is 1. The fraction of sp³-hybridized carbons (Fsp3) is 0.647. The molecule has 1 aromatic carbocycles. The van der Waals surface area contributed by atoms with E-state index in [2.05, 4.69) is 31.0 Å². The van der Waals surface area contributed by atoms with Gasteiger partial charge in [0, 0.05) is 25.2 Å². The molecule has 0 bridgehead atoms. The van der Waals surface area contributed by atoms with E-state index in [1.54, 1.807) is 6.07 Å². The molecule has 0 radical (unpaired) electrons. The summed E-state index contributed by atoms with van der Waals surface area (Å²) in [5, 5.41) is 3.39. The Morgan fingerprint density at radius 1 is 1.10 bits per heavy atom. The number of halogens is 1. The van der Waals surface area contributed by atoms with Gasteiger partial charge in [-0.05, 0) is 51.3 Å². The van der Waals surface area contributed by atoms with Gasteiger partial charge in [0.15, 0.2) is 0 Å². The second-order valence-corrected chi connectivity index (χ2v) is 6.79. The maximum absolute atomic E-state index is 14.3. The van der Waals surface area contributed by atoms with Crippen molar-refractivity contribution in [2.75, 3.05) is 18.0 Å². The van der Waals surface area contributed by atoms with Gasteiger partial charge in [0.1, 0.15) is 5.82 Å². The molecular formula is C17H27FN2. The first-order valence-corrected chi connectivity index (χ1v) is 7.74. The van der Waals surface area contributed by atoms with Gasteiger partial charge < -0.3 is 10.2 Å². The summed E-state index contributed by atoms with van der Waals surface area (Å²) >= 11 is 0. The van der Waals surface area contributed by atoms with Crippen molar-refractivity contribution in [1.29, 1.82) is 0 Å². The molecule has 1 aliphatic rings. The summed E-state index contributed by atoms with van der Waals surface area (Å²) < 4.78 is 14.3. The Kier molecular flexibility index (Phi) is 5.03. The van der Waals surface area contributed by atoms with E-state index < -0.39 is 0 Å². The van der Waals surface area contributed by atoms with Crippen LogP contribution >= 0.6 is 0 Å². The highest BCUT2D eigenvalue weighted by Crippen LogP contribution is 2.24. The van der Waals surface area contributed by atoms with Crippen molar-refractivity contribution in [3.63, 3.8) is 0 Å². The fourth-order valence-electron chi connectivity index (χ4n) is 2.60. The molecule has 1 fully saturated rings. The second-order valence-electron chi connectivity index (χ2n) is 6.79. The van der Waals surface area contributed by atoms with Gasteiger partial charge in [-0.2, -0.15) is 0 Å². The normalized spacial score (nSPS) is 17.1. The molecule has 0 aliphatic carbocycles. The van der Waals surface area contributed by atoms with Crippen molar-refractivity contribution in [2.45, 2.75) is 58.5 Å². The van der Waals surface area contributed by atoms with E-state index in [0.29, 0.717) is 6.54 Å². The number of nitrogens with zero attached hydrogens (tertiary/aromatic N) is 1. The predicted octanol–water partition coefficient (Wildman–Crippen LogP) is 4.09. The first-order valence-electron chi connectivity index (χ1n) is 7.74. The van der Waals surface area contributed by atoms with E-state index in [1.807, 2.05) is 12.1 Å². The largest absolute Gasteiger partial charge is 0.369 e. The van der Waals surface area contributed by atoms with Gasteiger partial charge in [0.25, 0.3) is 0 Å². The summed E-state index contributed by atoms with van der Waals surface area (Å²) in [6.45, 7) is 9.03. The molecule has 20 heavy (non-hydrogen) atoms. The Bertz CT molecular complexity index is 429. The Balaban J connectivity index is 2.05. The van der Waals surface area contributed by atoms with Gasteiger partial charge in [-0.25, -0.2) is 4.39 Å². The SMILES string of the molecule is CC(C)(C)NCc1ccc(N2CCCCCC2)c(F)c1. The van der Waals surface area contributed by atoms with Crippen LogP contribution in [-0.2, 0) is 6.54 Å². The molecule has 3 heteroatoms. The minimum atomic E-state index is -0.0832. The molecular weight excluding hydrogens is 251 g/mol. The molecule has 1 heterocycles. The lowest BCUT2D eigenvalue weighted by Crippen LogP contribution is -2.35. The van der Waals surface area contributed by atoms with Crippen molar-refractivity contribution in [2.24, 2.45) is 0 Å². The summed E-state index contributed by atoms with van der Waals surface area (Å²) in [7, 11) is 0. The molecule has 0 unspecified atom stereocenters. The highest BCUT2D eigenvalue weighted by Gasteiger charge is 2.15. The number of benzene rings is 1. The highest BCUT2D eigenvalue weighted by molar-refractivity contribution is 5.49. The molecule has 2 rings (SSSR count). The topological polar surface area (TPSA) is 15.3 Å². The molecule has 0 spiro atoms. The Labute approximate surface area is 122 Å². The monoisotopic (exact) mass is 278 g/mol. The Morgan fingerprint density at radius 2 is 1.75 bits per heavy atom. The summed E-state index contributed by atoms with van der Waals surface area (Å²) in [5.41, 5.74) is 1.84. The Morgan fingerprint density at radius 3 is 2.30 bits per heavy atom. The molecule has 0 atom stereocenters. The zero-order valence-corrected chi connectivity index (χ0v) is 13.0. The lowest BCUT2D eigenvalue weighted by molar-refractivity contribution is 0.423. The fourth-order valence-corrected chi connectivity index (χ4v) is 2.60. The van der Waals surface area contributed by atoms with E-state index in [1.165, 1.54) is 25.7 Å². The van der Waals surface area contributed by atoms with Crippen LogP contribution in [0.25, 0.3) is 0 Å². The lowest BCUT2D eigenvalue weighted by atomic mass is 10.1. The molecule has 112 valence electrons. The maximum Gasteiger partial charge on any atom is 0.146 e. The van der Waals surface area contributed by atoms with E-state index in [-0.39, 0.29) is 11.4 Å². The van der Waals surface area contributed by atoms with Gasteiger partial charge in [0.2, 0.25) is 0 Å². The van der Waals surface area contributed by atoms with Crippen LogP contribution in [0.2, 0.25) is 0 Å². The van der Waals surface area contributed by atoms with E-state index in [9.17, 15) is 4.39 Å². The summed E-state index contributed by atoms with van der Waals surface area (Å²) in [5.74, 6) is -0.0832. The van der Waals surface area contributed by atoms with Gasteiger partial charge >= 0.3 is 0 Å². The third-order valence-corrected chi connectivity index (χ3v) is 3.78. The number of hydrogen-bond acceptors (Lipinski definition) is 2. The summed E-state index contributed by atoms with van der Waals surface area (Å²) in [4.78, 5) is 2.20. The lowest BCUT2D eigenvalue weighted by Gasteiger charge is -2.24. The quantitative estimate of drug-likeness (QED) is 0.895. The number of rotatable bonds is 3. The minimum Gasteiger partial charge on any atom is -0.369 e. The molecule has 1 N–H and O–H groups in total. The third kappa shape index (κ3) is 4.48. The molecule has 0 amide bonds. The van der Waals surface area contributed by atoms with Crippen molar-refractivity contribution in [3.05, 3.63) is 29.6 Å². The van der Waals surface area contributed by atoms with Gasteiger partial charge in [0.05, 0.1) is 5.69 Å². The molecule has 0 saturated carbocycles. The highest BCUT2D eigenvalue weighted by atomic mass is 19.1. The standard InChI is InChI=1S/C17H27FN2/c1-17(2,3)19-13-14-8-9-16(15(18)12-14)20-10-6-4-5-7-11-20/h8-9,12,19H,4-7,10-11,13H2,1-3H3. The molecule has 1 aliphatic heterocycles. The van der Waals surface area contributed by atoms with E-state index in [0.717, 1.165) is 24.3 Å². The summed E-state index contributed by atoms with van der Waals surface area (Å²) in [6, 6.07) is 5.67. The van der Waals surface area contributed by atoms with Crippen molar-refractivity contribution in [1.82, 2.24) is 5.32 Å². The zero-order valence-electron chi connectivity index (χ0n) is 13.0. The predicted molar refractivity (Wildman–Crippen MR) is 83.7 cm³/mol.